The number of hydrogen-bond acceptors (Lipinski definition) is 4. The van der Waals surface area contributed by atoms with Crippen molar-refractivity contribution in [2.75, 3.05) is 26.8 Å². The van der Waals surface area contributed by atoms with Gasteiger partial charge in [0.05, 0.1) is 13.7 Å². The van der Waals surface area contributed by atoms with Crippen molar-refractivity contribution in [3.05, 3.63) is 23.8 Å². The molecule has 1 saturated carbocycles. The number of nitrogens with zero attached hydrogens (tertiary/aromatic N) is 1. The number of carbonyl (C=O) groups excluding carboxylic acids is 1. The molecule has 0 aromatic heterocycles. The van der Waals surface area contributed by atoms with Crippen LogP contribution in [0.15, 0.2) is 18.2 Å². The smallest absolute Gasteiger partial charge is 0.254 e. The van der Waals surface area contributed by atoms with Crippen molar-refractivity contribution in [1.82, 2.24) is 4.90 Å². The fraction of sp³-hybridized carbons (Fsp3) is 0.588. The fourth-order valence-corrected chi connectivity index (χ4v) is 3.73. The third-order valence-electron chi connectivity index (χ3n) is 4.91. The lowest BCUT2D eigenvalue weighted by atomic mass is 9.98. The van der Waals surface area contributed by atoms with E-state index >= 15 is 0 Å². The summed E-state index contributed by atoms with van der Waals surface area (Å²) in [4.78, 5) is 14.6. The average Bonchev–Trinajstić information content (AvgIpc) is 3.10. The number of methoxy groups -OCH3 is 1. The van der Waals surface area contributed by atoms with E-state index in [-0.39, 0.29) is 24.4 Å². The molecule has 0 bridgehead atoms. The van der Waals surface area contributed by atoms with Crippen molar-refractivity contribution in [2.24, 2.45) is 17.6 Å². The van der Waals surface area contributed by atoms with E-state index in [1.807, 2.05) is 17.9 Å². The van der Waals surface area contributed by atoms with Crippen molar-refractivity contribution in [2.45, 2.75) is 25.8 Å². The first-order valence-corrected chi connectivity index (χ1v) is 7.99. The normalized spacial score (nSPS) is 25.7. The average molecular weight is 341 g/mol. The van der Waals surface area contributed by atoms with E-state index in [2.05, 4.69) is 0 Å². The predicted octanol–water partition coefficient (Wildman–Crippen LogP) is 2.33. The highest BCUT2D eigenvalue weighted by atomic mass is 35.5. The molecule has 6 heteroatoms. The maximum atomic E-state index is 12.7. The summed E-state index contributed by atoms with van der Waals surface area (Å²) in [6, 6.07) is 5.63. The molecule has 0 radical (unpaired) electrons. The fourth-order valence-electron chi connectivity index (χ4n) is 3.73. The number of benzene rings is 1. The van der Waals surface area contributed by atoms with E-state index in [1.165, 1.54) is 0 Å². The molecule has 23 heavy (non-hydrogen) atoms. The first-order valence-electron chi connectivity index (χ1n) is 7.99. The number of rotatable bonds is 4. The summed E-state index contributed by atoms with van der Waals surface area (Å²) in [5.74, 6) is 2.37. The van der Waals surface area contributed by atoms with Crippen LogP contribution in [0.5, 0.6) is 11.5 Å². The van der Waals surface area contributed by atoms with Gasteiger partial charge in [0, 0.05) is 24.7 Å². The minimum atomic E-state index is 0. The van der Waals surface area contributed by atoms with Crippen LogP contribution in [0, 0.1) is 11.8 Å². The van der Waals surface area contributed by atoms with Gasteiger partial charge >= 0.3 is 0 Å². The summed E-state index contributed by atoms with van der Waals surface area (Å²) < 4.78 is 10.8. The maximum Gasteiger partial charge on any atom is 0.254 e. The molecule has 2 N–H and O–H groups in total. The van der Waals surface area contributed by atoms with Crippen LogP contribution in [0.25, 0.3) is 0 Å². The Morgan fingerprint density at radius 2 is 2.09 bits per heavy atom. The van der Waals surface area contributed by atoms with E-state index in [9.17, 15) is 4.79 Å². The third kappa shape index (κ3) is 3.40. The van der Waals surface area contributed by atoms with E-state index in [4.69, 9.17) is 15.2 Å². The molecule has 1 aromatic carbocycles. The van der Waals surface area contributed by atoms with Crippen molar-refractivity contribution in [3.8, 4) is 11.5 Å². The van der Waals surface area contributed by atoms with Gasteiger partial charge in [0.2, 0.25) is 0 Å². The van der Waals surface area contributed by atoms with Crippen LogP contribution in [0.4, 0.5) is 0 Å². The number of hydrogen-bond donors (Lipinski definition) is 1. The number of ether oxygens (including phenoxy) is 2. The highest BCUT2D eigenvalue weighted by Crippen LogP contribution is 2.38. The minimum Gasteiger partial charge on any atom is -0.493 e. The number of carbonyl (C=O) groups is 1. The highest BCUT2D eigenvalue weighted by molar-refractivity contribution is 5.95. The van der Waals surface area contributed by atoms with E-state index in [0.29, 0.717) is 35.5 Å². The second kappa shape index (κ2) is 7.41. The Balaban J connectivity index is 0.00000192. The van der Waals surface area contributed by atoms with Gasteiger partial charge in [-0.15, -0.1) is 12.4 Å². The standard InChI is InChI=1S/C17H24N2O3.ClH/c1-3-22-15-7-5-11(8-16(15)21-2)17(20)19-9-12-4-6-14(18)13(12)10-19;/h5,7-8,12-14H,3-4,6,9-10,18H2,1-2H3;1H. The van der Waals surface area contributed by atoms with E-state index in [0.717, 1.165) is 25.9 Å². The number of amides is 1. The first kappa shape index (κ1) is 17.9. The summed E-state index contributed by atoms with van der Waals surface area (Å²) in [6.07, 6.45) is 2.23. The Bertz CT molecular complexity index is 567. The minimum absolute atomic E-state index is 0. The van der Waals surface area contributed by atoms with Crippen LogP contribution in [-0.2, 0) is 0 Å². The van der Waals surface area contributed by atoms with Gasteiger partial charge in [-0.25, -0.2) is 0 Å². The van der Waals surface area contributed by atoms with Crippen molar-refractivity contribution >= 4 is 18.3 Å². The van der Waals surface area contributed by atoms with Gasteiger partial charge in [-0.05, 0) is 49.8 Å². The molecule has 3 unspecified atom stereocenters. The molecule has 1 heterocycles. The Morgan fingerprint density at radius 3 is 2.74 bits per heavy atom. The lowest BCUT2D eigenvalue weighted by Crippen LogP contribution is -2.33. The van der Waals surface area contributed by atoms with Crippen molar-refractivity contribution in [3.63, 3.8) is 0 Å². The molecule has 3 rings (SSSR count). The van der Waals surface area contributed by atoms with Gasteiger partial charge in [-0.3, -0.25) is 4.79 Å². The zero-order valence-corrected chi connectivity index (χ0v) is 14.5. The summed E-state index contributed by atoms with van der Waals surface area (Å²) in [5, 5.41) is 0. The highest BCUT2D eigenvalue weighted by Gasteiger charge is 2.42. The summed E-state index contributed by atoms with van der Waals surface area (Å²) >= 11 is 0. The molecular weight excluding hydrogens is 316 g/mol. The lowest BCUT2D eigenvalue weighted by Gasteiger charge is -2.19. The van der Waals surface area contributed by atoms with Gasteiger partial charge in [-0.1, -0.05) is 0 Å². The first-order chi connectivity index (χ1) is 10.6. The molecule has 5 nitrogen and oxygen atoms in total. The lowest BCUT2D eigenvalue weighted by molar-refractivity contribution is 0.0779. The van der Waals surface area contributed by atoms with Crippen molar-refractivity contribution in [1.29, 1.82) is 0 Å². The number of nitrogens with two attached hydrogens (primary N) is 1. The van der Waals surface area contributed by atoms with Gasteiger partial charge in [0.1, 0.15) is 0 Å². The quantitative estimate of drug-likeness (QED) is 0.913. The van der Waals surface area contributed by atoms with E-state index < -0.39 is 0 Å². The largest absolute Gasteiger partial charge is 0.493 e. The second-order valence-electron chi connectivity index (χ2n) is 6.17. The monoisotopic (exact) mass is 340 g/mol. The zero-order chi connectivity index (χ0) is 15.7. The molecule has 1 aliphatic heterocycles. The predicted molar refractivity (Wildman–Crippen MR) is 91.5 cm³/mol. The van der Waals surface area contributed by atoms with Gasteiger partial charge in [0.25, 0.3) is 5.91 Å². The number of fused-ring (bicyclic) bond motifs is 1. The molecule has 3 atom stereocenters. The molecule has 1 saturated heterocycles. The Hall–Kier alpha value is -1.46. The zero-order valence-electron chi connectivity index (χ0n) is 13.7. The van der Waals surface area contributed by atoms with Crippen LogP contribution < -0.4 is 15.2 Å². The van der Waals surface area contributed by atoms with Gasteiger partial charge < -0.3 is 20.1 Å². The SMILES string of the molecule is CCOc1ccc(C(=O)N2CC3CCC(N)C3C2)cc1OC.Cl. The third-order valence-corrected chi connectivity index (χ3v) is 4.91. The number of likely N-dealkylation sites (tertiary alicyclic amines) is 1. The molecular formula is C17H25ClN2O3. The molecule has 1 aliphatic carbocycles. The van der Waals surface area contributed by atoms with Crippen LogP contribution >= 0.6 is 12.4 Å². The molecule has 128 valence electrons. The second-order valence-corrected chi connectivity index (χ2v) is 6.17. The maximum absolute atomic E-state index is 12.7. The van der Waals surface area contributed by atoms with Crippen LogP contribution in [0.2, 0.25) is 0 Å². The summed E-state index contributed by atoms with van der Waals surface area (Å²) in [7, 11) is 1.59. The molecule has 0 spiro atoms. The Labute approximate surface area is 143 Å². The van der Waals surface area contributed by atoms with Gasteiger partial charge in [0.15, 0.2) is 11.5 Å². The molecule has 1 amide bonds. The Morgan fingerprint density at radius 1 is 1.30 bits per heavy atom. The topological polar surface area (TPSA) is 64.8 Å². The summed E-state index contributed by atoms with van der Waals surface area (Å²) in [5.41, 5.74) is 6.79. The summed E-state index contributed by atoms with van der Waals surface area (Å²) in [6.45, 7) is 4.09. The van der Waals surface area contributed by atoms with Crippen LogP contribution in [0.3, 0.4) is 0 Å². The van der Waals surface area contributed by atoms with Crippen molar-refractivity contribution < 1.29 is 14.3 Å². The van der Waals surface area contributed by atoms with Gasteiger partial charge in [-0.2, -0.15) is 0 Å². The Kier molecular flexibility index (Phi) is 5.76. The van der Waals surface area contributed by atoms with Crippen LogP contribution in [0.1, 0.15) is 30.1 Å². The van der Waals surface area contributed by atoms with Crippen LogP contribution in [-0.4, -0.2) is 43.7 Å². The van der Waals surface area contributed by atoms with E-state index in [1.54, 1.807) is 19.2 Å². The molecule has 1 aromatic rings. The number of halogens is 1. The molecule has 2 aliphatic rings. The molecule has 2 fully saturated rings.